The SMILES string of the molecule is C=C1CC[C@H](O)C/C1=C/C=C1\CCC[C@@]2(C)C1CC[C@@H]2[C@@H](C)/C=C/[C@@H](C)C(C)(C)O. The molecule has 0 aromatic rings. The van der Waals surface area contributed by atoms with Crippen LogP contribution in [-0.2, 0) is 0 Å². The van der Waals surface area contributed by atoms with Crippen molar-refractivity contribution in [1.29, 1.82) is 0 Å². The maximum atomic E-state index is 10.3. The van der Waals surface area contributed by atoms with Crippen LogP contribution in [-0.4, -0.2) is 21.9 Å². The Kier molecular flexibility index (Phi) is 7.19. The Morgan fingerprint density at radius 2 is 1.83 bits per heavy atom. The summed E-state index contributed by atoms with van der Waals surface area (Å²) in [5, 5.41) is 20.3. The van der Waals surface area contributed by atoms with Crippen molar-refractivity contribution in [3.05, 3.63) is 47.6 Å². The molecule has 0 aliphatic heterocycles. The van der Waals surface area contributed by atoms with Gasteiger partial charge in [0.2, 0.25) is 0 Å². The van der Waals surface area contributed by atoms with Gasteiger partial charge in [0, 0.05) is 5.92 Å². The summed E-state index contributed by atoms with van der Waals surface area (Å²) in [6.45, 7) is 15.0. The zero-order valence-corrected chi connectivity index (χ0v) is 20.0. The Morgan fingerprint density at radius 1 is 1.10 bits per heavy atom. The number of rotatable bonds is 5. The van der Waals surface area contributed by atoms with Crippen LogP contribution in [0.15, 0.2) is 47.6 Å². The van der Waals surface area contributed by atoms with E-state index in [1.54, 1.807) is 5.57 Å². The van der Waals surface area contributed by atoms with Gasteiger partial charge in [-0.15, -0.1) is 0 Å². The minimum absolute atomic E-state index is 0.164. The smallest absolute Gasteiger partial charge is 0.0651 e. The standard InChI is InChI=1S/C28H44O2/c1-19-10-14-24(29)18-23(19)13-12-22-8-7-17-28(6)25(15-16-26(22)28)20(2)9-11-21(3)27(4,5)30/h9,11-13,20-21,24-26,29-30H,1,7-8,10,14-18H2,2-6H3/b11-9+,22-12+,23-13-/t20-,21+,24-,25+,26?,28+/m0/s1. The molecule has 2 heteroatoms. The summed E-state index contributed by atoms with van der Waals surface area (Å²) in [7, 11) is 0. The first kappa shape index (κ1) is 23.5. The van der Waals surface area contributed by atoms with Crippen LogP contribution in [0.25, 0.3) is 0 Å². The van der Waals surface area contributed by atoms with Crippen LogP contribution < -0.4 is 0 Å². The third-order valence-electron chi connectivity index (χ3n) is 8.68. The van der Waals surface area contributed by atoms with Crippen molar-refractivity contribution in [2.24, 2.45) is 29.1 Å². The Balaban J connectivity index is 1.75. The first-order valence-corrected chi connectivity index (χ1v) is 12.2. The third-order valence-corrected chi connectivity index (χ3v) is 8.68. The summed E-state index contributed by atoms with van der Waals surface area (Å²) in [5.74, 6) is 2.08. The van der Waals surface area contributed by atoms with Gasteiger partial charge in [-0.2, -0.15) is 0 Å². The summed E-state index contributed by atoms with van der Waals surface area (Å²) >= 11 is 0. The molecular formula is C28H44O2. The molecule has 0 aromatic heterocycles. The first-order valence-electron chi connectivity index (χ1n) is 12.2. The second-order valence-electron chi connectivity index (χ2n) is 11.2. The molecule has 3 aliphatic rings. The normalized spacial score (nSPS) is 37.7. The van der Waals surface area contributed by atoms with Gasteiger partial charge in [-0.05, 0) is 94.0 Å². The Bertz CT molecular complexity index is 719. The lowest BCUT2D eigenvalue weighted by Crippen LogP contribution is -2.35. The number of fused-ring (bicyclic) bond motifs is 1. The maximum Gasteiger partial charge on any atom is 0.0651 e. The molecule has 168 valence electrons. The fourth-order valence-corrected chi connectivity index (χ4v) is 6.25. The highest BCUT2D eigenvalue weighted by atomic mass is 16.3. The lowest BCUT2D eigenvalue weighted by molar-refractivity contribution is 0.0436. The van der Waals surface area contributed by atoms with Crippen LogP contribution in [0.2, 0.25) is 0 Å². The van der Waals surface area contributed by atoms with Crippen LogP contribution in [0.3, 0.4) is 0 Å². The number of aliphatic hydroxyl groups is 2. The first-order chi connectivity index (χ1) is 14.0. The van der Waals surface area contributed by atoms with Gasteiger partial charge in [-0.3, -0.25) is 0 Å². The zero-order chi connectivity index (χ0) is 22.1. The van der Waals surface area contributed by atoms with Crippen LogP contribution >= 0.6 is 0 Å². The minimum Gasteiger partial charge on any atom is -0.393 e. The molecule has 3 rings (SSSR count). The molecule has 0 amide bonds. The third kappa shape index (κ3) is 5.02. The van der Waals surface area contributed by atoms with Gasteiger partial charge in [0.25, 0.3) is 0 Å². The van der Waals surface area contributed by atoms with E-state index in [0.717, 1.165) is 19.3 Å². The van der Waals surface area contributed by atoms with E-state index in [4.69, 9.17) is 0 Å². The van der Waals surface area contributed by atoms with E-state index < -0.39 is 5.60 Å². The summed E-state index contributed by atoms with van der Waals surface area (Å²) in [6, 6.07) is 0. The van der Waals surface area contributed by atoms with Crippen molar-refractivity contribution in [1.82, 2.24) is 0 Å². The number of allylic oxidation sites excluding steroid dienone is 5. The molecular weight excluding hydrogens is 368 g/mol. The van der Waals surface area contributed by atoms with E-state index in [1.807, 2.05) is 13.8 Å². The molecule has 3 saturated carbocycles. The average Bonchev–Trinajstić information content (AvgIpc) is 3.03. The average molecular weight is 413 g/mol. The molecule has 0 radical (unpaired) electrons. The molecule has 3 fully saturated rings. The van der Waals surface area contributed by atoms with Gasteiger partial charge < -0.3 is 10.2 Å². The lowest BCUT2D eigenvalue weighted by atomic mass is 9.61. The number of aliphatic hydroxyl groups excluding tert-OH is 1. The van der Waals surface area contributed by atoms with E-state index in [9.17, 15) is 10.2 Å². The topological polar surface area (TPSA) is 40.5 Å². The van der Waals surface area contributed by atoms with E-state index in [1.165, 1.54) is 43.3 Å². The fraction of sp³-hybridized carbons (Fsp3) is 0.714. The monoisotopic (exact) mass is 412 g/mol. The highest BCUT2D eigenvalue weighted by Gasteiger charge is 2.50. The number of hydrogen-bond acceptors (Lipinski definition) is 2. The van der Waals surface area contributed by atoms with Crippen molar-refractivity contribution < 1.29 is 10.2 Å². The highest BCUT2D eigenvalue weighted by molar-refractivity contribution is 5.36. The van der Waals surface area contributed by atoms with Gasteiger partial charge in [0.05, 0.1) is 11.7 Å². The molecule has 6 atom stereocenters. The molecule has 0 heterocycles. The molecule has 3 aliphatic carbocycles. The van der Waals surface area contributed by atoms with Gasteiger partial charge in [0.15, 0.2) is 0 Å². The summed E-state index contributed by atoms with van der Waals surface area (Å²) in [5.41, 5.74) is 3.78. The predicted octanol–water partition coefficient (Wildman–Crippen LogP) is 6.76. The molecule has 1 unspecified atom stereocenters. The largest absolute Gasteiger partial charge is 0.393 e. The summed E-state index contributed by atoms with van der Waals surface area (Å²) in [6.07, 6.45) is 18.0. The van der Waals surface area contributed by atoms with Crippen molar-refractivity contribution in [2.45, 2.75) is 97.7 Å². The van der Waals surface area contributed by atoms with E-state index in [0.29, 0.717) is 23.2 Å². The van der Waals surface area contributed by atoms with Gasteiger partial charge >= 0.3 is 0 Å². The molecule has 0 saturated heterocycles. The predicted molar refractivity (Wildman–Crippen MR) is 127 cm³/mol. The molecule has 0 spiro atoms. The van der Waals surface area contributed by atoms with Crippen molar-refractivity contribution in [2.75, 3.05) is 0 Å². The van der Waals surface area contributed by atoms with Crippen molar-refractivity contribution in [3.63, 3.8) is 0 Å². The Hall–Kier alpha value is -1.12. The minimum atomic E-state index is -0.663. The summed E-state index contributed by atoms with van der Waals surface area (Å²) < 4.78 is 0. The maximum absolute atomic E-state index is 10.3. The van der Waals surface area contributed by atoms with E-state index in [-0.39, 0.29) is 12.0 Å². The van der Waals surface area contributed by atoms with E-state index in [2.05, 4.69) is 51.7 Å². The van der Waals surface area contributed by atoms with Gasteiger partial charge in [-0.25, -0.2) is 0 Å². The van der Waals surface area contributed by atoms with Gasteiger partial charge in [-0.1, -0.05) is 62.8 Å². The number of hydrogen-bond donors (Lipinski definition) is 2. The van der Waals surface area contributed by atoms with Crippen LogP contribution in [0.1, 0.15) is 86.0 Å². The van der Waals surface area contributed by atoms with Crippen LogP contribution in [0, 0.1) is 29.1 Å². The van der Waals surface area contributed by atoms with Gasteiger partial charge in [0.1, 0.15) is 0 Å². The Morgan fingerprint density at radius 3 is 2.53 bits per heavy atom. The van der Waals surface area contributed by atoms with Crippen molar-refractivity contribution >= 4 is 0 Å². The summed E-state index contributed by atoms with van der Waals surface area (Å²) in [4.78, 5) is 0. The van der Waals surface area contributed by atoms with Crippen LogP contribution in [0.5, 0.6) is 0 Å². The molecule has 30 heavy (non-hydrogen) atoms. The Labute approximate surface area is 184 Å². The zero-order valence-electron chi connectivity index (χ0n) is 20.0. The quantitative estimate of drug-likeness (QED) is 0.490. The highest BCUT2D eigenvalue weighted by Crippen LogP contribution is 2.59. The van der Waals surface area contributed by atoms with Crippen molar-refractivity contribution in [3.8, 4) is 0 Å². The molecule has 2 nitrogen and oxygen atoms in total. The lowest BCUT2D eigenvalue weighted by Gasteiger charge is -2.44. The second kappa shape index (κ2) is 9.17. The molecule has 2 N–H and O–H groups in total. The molecule has 0 aromatic carbocycles. The van der Waals surface area contributed by atoms with E-state index >= 15 is 0 Å². The second-order valence-corrected chi connectivity index (χ2v) is 11.2. The van der Waals surface area contributed by atoms with Crippen LogP contribution in [0.4, 0.5) is 0 Å². The molecule has 0 bridgehead atoms. The fourth-order valence-electron chi connectivity index (χ4n) is 6.25.